The van der Waals surface area contributed by atoms with E-state index in [-0.39, 0.29) is 23.4 Å². The molecule has 4 rings (SSSR count). The largest absolute Gasteiger partial charge is 0.477 e. The van der Waals surface area contributed by atoms with Crippen molar-refractivity contribution in [2.45, 2.75) is 12.3 Å². The minimum Gasteiger partial charge on any atom is -0.477 e. The Balaban J connectivity index is 1.42. The van der Waals surface area contributed by atoms with Crippen molar-refractivity contribution in [1.29, 1.82) is 0 Å². The second-order valence-electron chi connectivity index (χ2n) is 7.31. The highest BCUT2D eigenvalue weighted by Gasteiger charge is 2.44. The van der Waals surface area contributed by atoms with Gasteiger partial charge in [-0.3, -0.25) is 4.79 Å². The quantitative estimate of drug-likeness (QED) is 0.319. The van der Waals surface area contributed by atoms with Gasteiger partial charge in [0.1, 0.15) is 17.2 Å². The van der Waals surface area contributed by atoms with Crippen molar-refractivity contribution in [3.8, 4) is 11.5 Å². The number of carboxylic acids is 1. The van der Waals surface area contributed by atoms with Crippen molar-refractivity contribution in [2.24, 2.45) is 5.92 Å². The third-order valence-electron chi connectivity index (χ3n) is 5.10. The van der Waals surface area contributed by atoms with Gasteiger partial charge < -0.3 is 15.2 Å². The first kappa shape index (κ1) is 21.1. The van der Waals surface area contributed by atoms with E-state index in [1.165, 1.54) is 6.08 Å². The standard InChI is InChI=1S/C25H20INO4/c26-21-8-4-5-9-23(21)31-18-12-10-16(11-13-18)14-22(25(29)30)27-24(28)20-15-19(20)17-6-2-1-3-7-17/h1-14,19-20H,15H2,(H,27,28)(H,29,30)/b22-14+/t19-,20+/m1/s1. The molecule has 0 aromatic heterocycles. The average Bonchev–Trinajstić information content (AvgIpc) is 3.58. The summed E-state index contributed by atoms with van der Waals surface area (Å²) in [6.45, 7) is 0. The van der Waals surface area contributed by atoms with Crippen molar-refractivity contribution in [3.63, 3.8) is 0 Å². The minimum absolute atomic E-state index is 0.144. The molecule has 2 N–H and O–H groups in total. The number of ether oxygens (including phenoxy) is 1. The maximum Gasteiger partial charge on any atom is 0.352 e. The highest BCUT2D eigenvalue weighted by molar-refractivity contribution is 14.1. The number of para-hydroxylation sites is 1. The van der Waals surface area contributed by atoms with E-state index in [4.69, 9.17) is 4.74 Å². The molecule has 0 spiro atoms. The van der Waals surface area contributed by atoms with Gasteiger partial charge in [-0.1, -0.05) is 54.6 Å². The molecule has 0 heterocycles. The van der Waals surface area contributed by atoms with Crippen LogP contribution in [-0.4, -0.2) is 17.0 Å². The first-order valence-corrected chi connectivity index (χ1v) is 10.9. The van der Waals surface area contributed by atoms with E-state index in [0.717, 1.165) is 21.3 Å². The van der Waals surface area contributed by atoms with Crippen LogP contribution in [0.15, 0.2) is 84.6 Å². The fourth-order valence-corrected chi connectivity index (χ4v) is 3.88. The van der Waals surface area contributed by atoms with E-state index < -0.39 is 5.97 Å². The molecule has 5 nitrogen and oxygen atoms in total. The van der Waals surface area contributed by atoms with Crippen LogP contribution in [0, 0.1) is 9.49 Å². The van der Waals surface area contributed by atoms with Crippen molar-refractivity contribution in [3.05, 3.63) is 99.3 Å². The SMILES string of the molecule is O=C(O)/C(=C\c1ccc(Oc2ccccc2I)cc1)NC(=O)[C@H]1C[C@@H]1c1ccccc1. The van der Waals surface area contributed by atoms with Crippen LogP contribution in [0.1, 0.15) is 23.5 Å². The molecule has 1 saturated carbocycles. The van der Waals surface area contributed by atoms with E-state index in [2.05, 4.69) is 27.9 Å². The molecule has 6 heteroatoms. The summed E-state index contributed by atoms with van der Waals surface area (Å²) in [5.41, 5.74) is 1.62. The van der Waals surface area contributed by atoms with E-state index in [9.17, 15) is 14.7 Å². The van der Waals surface area contributed by atoms with E-state index in [1.807, 2.05) is 54.6 Å². The Morgan fingerprint density at radius 3 is 2.32 bits per heavy atom. The summed E-state index contributed by atoms with van der Waals surface area (Å²) >= 11 is 2.20. The molecular weight excluding hydrogens is 505 g/mol. The van der Waals surface area contributed by atoms with Crippen LogP contribution in [-0.2, 0) is 9.59 Å². The van der Waals surface area contributed by atoms with E-state index >= 15 is 0 Å². The lowest BCUT2D eigenvalue weighted by atomic mass is 10.1. The fourth-order valence-electron chi connectivity index (χ4n) is 3.38. The van der Waals surface area contributed by atoms with Gasteiger partial charge in [-0.15, -0.1) is 0 Å². The Kier molecular flexibility index (Phi) is 6.36. The highest BCUT2D eigenvalue weighted by Crippen LogP contribution is 2.47. The number of hydrogen-bond acceptors (Lipinski definition) is 3. The van der Waals surface area contributed by atoms with Crippen molar-refractivity contribution < 1.29 is 19.4 Å². The van der Waals surface area contributed by atoms with Crippen molar-refractivity contribution in [1.82, 2.24) is 5.32 Å². The van der Waals surface area contributed by atoms with Crippen LogP contribution in [0.5, 0.6) is 11.5 Å². The third-order valence-corrected chi connectivity index (χ3v) is 5.99. The van der Waals surface area contributed by atoms with E-state index in [0.29, 0.717) is 11.3 Å². The number of carbonyl (C=O) groups is 2. The van der Waals surface area contributed by atoms with Gasteiger partial charge in [0.2, 0.25) is 5.91 Å². The number of nitrogens with one attached hydrogen (secondary N) is 1. The van der Waals surface area contributed by atoms with Crippen LogP contribution in [0.2, 0.25) is 0 Å². The van der Waals surface area contributed by atoms with Gasteiger partial charge in [0.05, 0.1) is 3.57 Å². The molecule has 0 aliphatic heterocycles. The smallest absolute Gasteiger partial charge is 0.352 e. The molecule has 0 unspecified atom stereocenters. The van der Waals surface area contributed by atoms with Crippen LogP contribution in [0.3, 0.4) is 0 Å². The molecule has 3 aromatic carbocycles. The summed E-state index contributed by atoms with van der Waals surface area (Å²) in [6.07, 6.45) is 2.18. The first-order valence-electron chi connectivity index (χ1n) is 9.84. The van der Waals surface area contributed by atoms with Crippen LogP contribution < -0.4 is 10.1 Å². The monoisotopic (exact) mass is 525 g/mol. The maximum atomic E-state index is 12.5. The van der Waals surface area contributed by atoms with Gasteiger partial charge in [0.25, 0.3) is 0 Å². The lowest BCUT2D eigenvalue weighted by molar-refractivity contribution is -0.134. The fraction of sp³-hybridized carbons (Fsp3) is 0.120. The van der Waals surface area contributed by atoms with Gasteiger partial charge in [0.15, 0.2) is 0 Å². The lowest BCUT2D eigenvalue weighted by Crippen LogP contribution is -2.28. The Morgan fingerprint density at radius 2 is 1.65 bits per heavy atom. The Labute approximate surface area is 193 Å². The van der Waals surface area contributed by atoms with Crippen LogP contribution >= 0.6 is 22.6 Å². The van der Waals surface area contributed by atoms with Gasteiger partial charge in [0, 0.05) is 5.92 Å². The molecule has 1 aliphatic carbocycles. The molecule has 1 amide bonds. The molecule has 1 aliphatic rings. The van der Waals surface area contributed by atoms with E-state index in [1.54, 1.807) is 24.3 Å². The summed E-state index contributed by atoms with van der Waals surface area (Å²) in [5, 5.41) is 12.1. The molecule has 0 bridgehead atoms. The predicted octanol–water partition coefficient (Wildman–Crippen LogP) is 5.43. The normalized spacial score (nSPS) is 17.6. The molecule has 3 aromatic rings. The number of benzene rings is 3. The second-order valence-corrected chi connectivity index (χ2v) is 8.48. The topological polar surface area (TPSA) is 75.6 Å². The van der Waals surface area contributed by atoms with Gasteiger partial charge in [-0.25, -0.2) is 4.79 Å². The third kappa shape index (κ3) is 5.32. The number of carbonyl (C=O) groups excluding carboxylic acids is 1. The minimum atomic E-state index is -1.18. The molecule has 1 fully saturated rings. The van der Waals surface area contributed by atoms with Gasteiger partial charge in [-0.2, -0.15) is 0 Å². The highest BCUT2D eigenvalue weighted by atomic mass is 127. The summed E-state index contributed by atoms with van der Waals surface area (Å²) in [6, 6.07) is 24.5. The van der Waals surface area contributed by atoms with Crippen molar-refractivity contribution >= 4 is 40.5 Å². The molecule has 2 atom stereocenters. The first-order chi connectivity index (χ1) is 15.0. The number of hydrogen-bond donors (Lipinski definition) is 2. The molecule has 156 valence electrons. The zero-order valence-electron chi connectivity index (χ0n) is 16.5. The Hall–Kier alpha value is -3.13. The summed E-state index contributed by atoms with van der Waals surface area (Å²) in [7, 11) is 0. The second kappa shape index (κ2) is 9.34. The zero-order chi connectivity index (χ0) is 21.8. The van der Waals surface area contributed by atoms with Gasteiger partial charge >= 0.3 is 5.97 Å². The number of aliphatic carboxylic acids is 1. The zero-order valence-corrected chi connectivity index (χ0v) is 18.7. The number of carboxylic acid groups (broad SMARTS) is 1. The summed E-state index contributed by atoms with van der Waals surface area (Å²) in [4.78, 5) is 24.2. The maximum absolute atomic E-state index is 12.5. The summed E-state index contributed by atoms with van der Waals surface area (Å²) in [5.74, 6) is -0.0959. The molecule has 0 saturated heterocycles. The number of halogens is 1. The lowest BCUT2D eigenvalue weighted by Gasteiger charge is -2.09. The average molecular weight is 525 g/mol. The predicted molar refractivity (Wildman–Crippen MR) is 127 cm³/mol. The number of amides is 1. The van der Waals surface area contributed by atoms with Crippen molar-refractivity contribution in [2.75, 3.05) is 0 Å². The molecular formula is C25H20INO4. The molecule has 0 radical (unpaired) electrons. The Bertz CT molecular complexity index is 1130. The summed E-state index contributed by atoms with van der Waals surface area (Å²) < 4.78 is 6.85. The number of rotatable bonds is 7. The molecule has 31 heavy (non-hydrogen) atoms. The van der Waals surface area contributed by atoms with Gasteiger partial charge in [-0.05, 0) is 76.4 Å². The Morgan fingerprint density at radius 1 is 0.968 bits per heavy atom. The van der Waals surface area contributed by atoms with Crippen LogP contribution in [0.25, 0.3) is 6.08 Å². The van der Waals surface area contributed by atoms with Crippen LogP contribution in [0.4, 0.5) is 0 Å².